The Bertz CT molecular complexity index is 293. The minimum Gasteiger partial charge on any atom is -1.00 e. The molecule has 0 spiro atoms. The Labute approximate surface area is 123 Å². The summed E-state index contributed by atoms with van der Waals surface area (Å²) in [6.45, 7) is 3.81. The van der Waals surface area contributed by atoms with Gasteiger partial charge in [-0.2, -0.15) is 6.42 Å². The molecule has 0 aliphatic heterocycles. The van der Waals surface area contributed by atoms with E-state index >= 15 is 0 Å². The van der Waals surface area contributed by atoms with E-state index in [1.54, 1.807) is 21.3 Å². The Morgan fingerprint density at radius 2 is 1.44 bits per heavy atom. The fourth-order valence-electron chi connectivity index (χ4n) is 1.28. The van der Waals surface area contributed by atoms with Crippen LogP contribution in [0.25, 0.3) is 0 Å². The molecule has 0 unspecified atom stereocenters. The standard InChI is InChI=1S/C11H15O3.BrH.Mg/c1-5-8-6-9(12-2)11(14-4)10(7-8)13-3;;/h6-7H,1,5H2,2-4H3;1H;/q-1;;+2/p-1. The molecule has 1 rings (SSSR count). The van der Waals surface area contributed by atoms with E-state index in [1.807, 2.05) is 12.1 Å². The molecule has 3 nitrogen and oxygen atoms in total. The Morgan fingerprint density at radius 3 is 1.69 bits per heavy atom. The van der Waals surface area contributed by atoms with Gasteiger partial charge in [-0.05, 0) is 12.1 Å². The summed E-state index contributed by atoms with van der Waals surface area (Å²) >= 11 is 0. The molecule has 0 saturated carbocycles. The molecule has 1 aromatic rings. The van der Waals surface area contributed by atoms with Gasteiger partial charge in [0.15, 0.2) is 11.5 Å². The van der Waals surface area contributed by atoms with Crippen molar-refractivity contribution < 1.29 is 31.2 Å². The van der Waals surface area contributed by atoms with Crippen LogP contribution in [0.2, 0.25) is 0 Å². The number of benzene rings is 1. The van der Waals surface area contributed by atoms with Gasteiger partial charge in [0, 0.05) is 0 Å². The second-order valence-corrected chi connectivity index (χ2v) is 2.78. The molecule has 5 heteroatoms. The molecule has 16 heavy (non-hydrogen) atoms. The molecule has 1 aromatic carbocycles. The van der Waals surface area contributed by atoms with Crippen LogP contribution in [0.3, 0.4) is 0 Å². The first kappa shape index (κ1) is 18.2. The van der Waals surface area contributed by atoms with Gasteiger partial charge in [0.2, 0.25) is 5.75 Å². The number of methoxy groups -OCH3 is 3. The van der Waals surface area contributed by atoms with Gasteiger partial charge in [0.1, 0.15) is 0 Å². The Kier molecular flexibility index (Phi) is 10.2. The van der Waals surface area contributed by atoms with E-state index in [0.717, 1.165) is 5.56 Å². The normalized spacial score (nSPS) is 8.50. The summed E-state index contributed by atoms with van der Waals surface area (Å²) in [5.41, 5.74) is 1.06. The number of rotatable bonds is 4. The summed E-state index contributed by atoms with van der Waals surface area (Å²) in [6, 6.07) is 3.79. The predicted molar refractivity (Wildman–Crippen MR) is 60.9 cm³/mol. The van der Waals surface area contributed by atoms with E-state index in [4.69, 9.17) is 14.2 Å². The average Bonchev–Trinajstić information content (AvgIpc) is 2.26. The first-order valence-corrected chi connectivity index (χ1v) is 4.35. The van der Waals surface area contributed by atoms with E-state index in [9.17, 15) is 0 Å². The Hall–Kier alpha value is -0.134. The molecule has 0 aliphatic carbocycles. The third-order valence-corrected chi connectivity index (χ3v) is 2.01. The monoisotopic (exact) mass is 298 g/mol. The molecule has 0 amide bonds. The van der Waals surface area contributed by atoms with Crippen molar-refractivity contribution >= 4 is 23.1 Å². The van der Waals surface area contributed by atoms with Crippen molar-refractivity contribution in [3.05, 3.63) is 24.6 Å². The van der Waals surface area contributed by atoms with Crippen molar-refractivity contribution in [3.8, 4) is 17.2 Å². The van der Waals surface area contributed by atoms with Crippen LogP contribution in [0.15, 0.2) is 12.1 Å². The van der Waals surface area contributed by atoms with Gasteiger partial charge in [0.05, 0.1) is 21.3 Å². The smallest absolute Gasteiger partial charge is 1.00 e. The molecular weight excluding hydrogens is 284 g/mol. The molecular formula is C11H15BrMgO3. The van der Waals surface area contributed by atoms with Gasteiger partial charge in [-0.25, -0.2) is 0 Å². The van der Waals surface area contributed by atoms with E-state index in [1.165, 1.54) is 0 Å². The van der Waals surface area contributed by atoms with Gasteiger partial charge >= 0.3 is 23.1 Å². The molecule has 0 fully saturated rings. The second-order valence-electron chi connectivity index (χ2n) is 2.78. The van der Waals surface area contributed by atoms with Crippen molar-refractivity contribution in [1.29, 1.82) is 0 Å². The third kappa shape index (κ3) is 4.03. The van der Waals surface area contributed by atoms with Crippen LogP contribution >= 0.6 is 0 Å². The number of halogens is 1. The first-order chi connectivity index (χ1) is 6.76. The summed E-state index contributed by atoms with van der Waals surface area (Å²) in [5.74, 6) is 1.96. The van der Waals surface area contributed by atoms with Crippen LogP contribution in [0.1, 0.15) is 5.56 Å². The van der Waals surface area contributed by atoms with Crippen LogP contribution in [-0.2, 0) is 6.42 Å². The van der Waals surface area contributed by atoms with E-state index < -0.39 is 0 Å². The van der Waals surface area contributed by atoms with Crippen molar-refractivity contribution in [2.75, 3.05) is 21.3 Å². The van der Waals surface area contributed by atoms with Crippen molar-refractivity contribution in [1.82, 2.24) is 0 Å². The molecule has 0 aliphatic rings. The van der Waals surface area contributed by atoms with Crippen LogP contribution < -0.4 is 31.2 Å². The molecule has 0 aromatic heterocycles. The summed E-state index contributed by atoms with van der Waals surface area (Å²) < 4.78 is 15.6. The van der Waals surface area contributed by atoms with Crippen LogP contribution in [0.5, 0.6) is 17.2 Å². The summed E-state index contributed by atoms with van der Waals surface area (Å²) in [7, 11) is 4.79. The number of hydrogen-bond donors (Lipinski definition) is 0. The molecule has 0 atom stereocenters. The molecule has 0 heterocycles. The summed E-state index contributed by atoms with van der Waals surface area (Å²) in [5, 5.41) is 0. The molecule has 0 N–H and O–H groups in total. The summed E-state index contributed by atoms with van der Waals surface area (Å²) in [6.07, 6.45) is 0.691. The molecule has 86 valence electrons. The fourth-order valence-corrected chi connectivity index (χ4v) is 1.28. The van der Waals surface area contributed by atoms with Gasteiger partial charge in [0.25, 0.3) is 0 Å². The van der Waals surface area contributed by atoms with Crippen molar-refractivity contribution in [3.63, 3.8) is 0 Å². The van der Waals surface area contributed by atoms with Crippen molar-refractivity contribution in [2.24, 2.45) is 0 Å². The van der Waals surface area contributed by atoms with Crippen molar-refractivity contribution in [2.45, 2.75) is 6.42 Å². The minimum atomic E-state index is 0. The Morgan fingerprint density at radius 1 is 1.00 bits per heavy atom. The Balaban J connectivity index is 0. The van der Waals surface area contributed by atoms with Crippen LogP contribution in [0.4, 0.5) is 0 Å². The molecule has 0 bridgehead atoms. The zero-order chi connectivity index (χ0) is 10.6. The van der Waals surface area contributed by atoms with Crippen LogP contribution in [0, 0.1) is 6.92 Å². The van der Waals surface area contributed by atoms with Gasteiger partial charge < -0.3 is 38.1 Å². The average molecular weight is 299 g/mol. The SMILES string of the molecule is [Br-].[CH2-]Cc1cc(OC)c(OC)c(OC)c1.[Mg+2]. The number of ether oxygens (including phenoxy) is 3. The quantitative estimate of drug-likeness (QED) is 0.512. The second kappa shape index (κ2) is 8.95. The van der Waals surface area contributed by atoms with E-state index in [0.29, 0.717) is 23.7 Å². The van der Waals surface area contributed by atoms with E-state index in [2.05, 4.69) is 6.92 Å². The van der Waals surface area contributed by atoms with Gasteiger partial charge in [-0.3, -0.25) is 0 Å². The first-order valence-electron chi connectivity index (χ1n) is 4.35. The topological polar surface area (TPSA) is 27.7 Å². The third-order valence-electron chi connectivity index (χ3n) is 2.01. The molecule has 0 saturated heterocycles. The van der Waals surface area contributed by atoms with Gasteiger partial charge in [-0.15, -0.1) is 0 Å². The maximum atomic E-state index is 5.19. The number of hydrogen-bond acceptors (Lipinski definition) is 3. The fraction of sp³-hybridized carbons (Fsp3) is 0.364. The largest absolute Gasteiger partial charge is 2.00 e. The zero-order valence-corrected chi connectivity index (χ0v) is 12.9. The maximum absolute atomic E-state index is 5.19. The minimum absolute atomic E-state index is 0. The maximum Gasteiger partial charge on any atom is 2.00 e. The van der Waals surface area contributed by atoms with E-state index in [-0.39, 0.29) is 40.0 Å². The molecule has 0 radical (unpaired) electrons. The predicted octanol–water partition coefficient (Wildman–Crippen LogP) is -1.29. The summed E-state index contributed by atoms with van der Waals surface area (Å²) in [4.78, 5) is 0. The zero-order valence-electron chi connectivity index (χ0n) is 9.88. The van der Waals surface area contributed by atoms with Gasteiger partial charge in [-0.1, -0.05) is 5.56 Å². The van der Waals surface area contributed by atoms with Crippen LogP contribution in [-0.4, -0.2) is 44.4 Å².